The van der Waals surface area contributed by atoms with Crippen molar-refractivity contribution in [2.75, 3.05) is 20.3 Å². The summed E-state index contributed by atoms with van der Waals surface area (Å²) in [5.74, 6) is 0.885. The molecule has 0 aliphatic rings. The van der Waals surface area contributed by atoms with E-state index >= 15 is 0 Å². The zero-order chi connectivity index (χ0) is 14.3. The van der Waals surface area contributed by atoms with Crippen LogP contribution >= 0.6 is 6.72 Å². The van der Waals surface area contributed by atoms with E-state index in [1.165, 1.54) is 7.11 Å². The lowest BCUT2D eigenvalue weighted by Gasteiger charge is -2.21. The molecule has 0 bridgehead atoms. The molecule has 0 unspecified atom stereocenters. The van der Waals surface area contributed by atoms with Crippen LogP contribution in [-0.4, -0.2) is 20.3 Å². The topological polar surface area (TPSA) is 60.7 Å². The molecule has 0 radical (unpaired) electrons. The maximum atomic E-state index is 8.91. The van der Waals surface area contributed by atoms with Crippen LogP contribution in [0.4, 0.5) is 0 Å². The van der Waals surface area contributed by atoms with Crippen LogP contribution < -0.4 is 9.26 Å². The van der Waals surface area contributed by atoms with E-state index in [4.69, 9.17) is 35.4 Å². The molecule has 0 spiro atoms. The molecule has 0 saturated carbocycles. The molecular formula is C12H16NO4PS. The molecule has 1 aromatic carbocycles. The largest absolute Gasteiger partial charge is 0.495 e. The molecule has 7 heteroatoms. The van der Waals surface area contributed by atoms with E-state index < -0.39 is 6.72 Å². The van der Waals surface area contributed by atoms with Gasteiger partial charge in [-0.3, -0.25) is 9.05 Å². The highest BCUT2D eigenvalue weighted by atomic mass is 32.5. The molecule has 1 rings (SSSR count). The zero-order valence-corrected chi connectivity index (χ0v) is 12.8. The number of methoxy groups -OCH3 is 1. The molecule has 104 valence electrons. The molecule has 1 aromatic rings. The fraction of sp³-hybridized carbons (Fsp3) is 0.417. The van der Waals surface area contributed by atoms with Crippen molar-refractivity contribution >= 4 is 18.5 Å². The van der Waals surface area contributed by atoms with E-state index in [1.807, 2.05) is 19.9 Å². The number of rotatable bonds is 7. The van der Waals surface area contributed by atoms with Crippen LogP contribution in [0.2, 0.25) is 0 Å². The van der Waals surface area contributed by atoms with E-state index in [0.717, 1.165) is 0 Å². The van der Waals surface area contributed by atoms with Crippen LogP contribution in [0.25, 0.3) is 0 Å². The van der Waals surface area contributed by atoms with Crippen molar-refractivity contribution in [1.29, 1.82) is 5.26 Å². The fourth-order valence-corrected chi connectivity index (χ4v) is 3.43. The number of nitrogens with zero attached hydrogens (tertiary/aromatic N) is 1. The monoisotopic (exact) mass is 301 g/mol. The Morgan fingerprint density at radius 2 is 1.89 bits per heavy atom. The lowest BCUT2D eigenvalue weighted by atomic mass is 10.2. The van der Waals surface area contributed by atoms with Gasteiger partial charge in [-0.2, -0.15) is 5.26 Å². The standard InChI is InChI=1S/C12H16NO4PS/c1-4-15-18(19,16-5-2)17-11-7-6-10(9-13)12(8-11)14-3/h6-8H,4-5H2,1-3H3. The molecule has 0 N–H and O–H groups in total. The quantitative estimate of drug-likeness (QED) is 0.720. The van der Waals surface area contributed by atoms with Crippen molar-refractivity contribution in [3.63, 3.8) is 0 Å². The lowest BCUT2D eigenvalue weighted by Crippen LogP contribution is -2.02. The van der Waals surface area contributed by atoms with Gasteiger partial charge in [0.25, 0.3) is 0 Å². The van der Waals surface area contributed by atoms with Gasteiger partial charge in [0.2, 0.25) is 0 Å². The summed E-state index contributed by atoms with van der Waals surface area (Å²) in [5, 5.41) is 8.91. The third kappa shape index (κ3) is 4.48. The first-order valence-corrected chi connectivity index (χ1v) is 8.31. The molecule has 0 amide bonds. The Hall–Kier alpha value is -1.12. The summed E-state index contributed by atoms with van der Waals surface area (Å²) in [7, 11) is 1.49. The summed E-state index contributed by atoms with van der Waals surface area (Å²) in [6.45, 7) is 1.66. The van der Waals surface area contributed by atoms with Gasteiger partial charge in [0.05, 0.1) is 25.9 Å². The third-order valence-corrected chi connectivity index (χ3v) is 4.52. The first-order chi connectivity index (χ1) is 9.08. The molecular weight excluding hydrogens is 285 g/mol. The van der Waals surface area contributed by atoms with Crippen molar-refractivity contribution in [2.24, 2.45) is 0 Å². The minimum Gasteiger partial charge on any atom is -0.495 e. The Morgan fingerprint density at radius 3 is 2.37 bits per heavy atom. The molecule has 5 nitrogen and oxygen atoms in total. The Labute approximate surface area is 118 Å². The first kappa shape index (κ1) is 15.9. The molecule has 0 aliphatic carbocycles. The summed E-state index contributed by atoms with van der Waals surface area (Å²) in [6, 6.07) is 6.86. The van der Waals surface area contributed by atoms with Crippen LogP contribution in [0.15, 0.2) is 18.2 Å². The number of benzene rings is 1. The highest BCUT2D eigenvalue weighted by Crippen LogP contribution is 2.50. The second-order valence-electron chi connectivity index (χ2n) is 3.35. The fourth-order valence-electron chi connectivity index (χ4n) is 1.36. The number of hydrogen-bond donors (Lipinski definition) is 0. The smallest absolute Gasteiger partial charge is 0.380 e. The average Bonchev–Trinajstić information content (AvgIpc) is 2.38. The van der Waals surface area contributed by atoms with Gasteiger partial charge in [-0.15, -0.1) is 0 Å². The van der Waals surface area contributed by atoms with Crippen LogP contribution in [0.3, 0.4) is 0 Å². The molecule has 0 saturated heterocycles. The van der Waals surface area contributed by atoms with Crippen LogP contribution in [-0.2, 0) is 20.9 Å². The highest BCUT2D eigenvalue weighted by Gasteiger charge is 2.21. The summed E-state index contributed by atoms with van der Waals surface area (Å²) in [6.07, 6.45) is 0. The van der Waals surface area contributed by atoms with Gasteiger partial charge in [-0.25, -0.2) is 0 Å². The molecule has 0 aliphatic heterocycles. The Morgan fingerprint density at radius 1 is 1.26 bits per heavy atom. The molecule has 0 heterocycles. The van der Waals surface area contributed by atoms with E-state index in [1.54, 1.807) is 18.2 Å². The Kier molecular flexibility index (Phi) is 6.26. The van der Waals surface area contributed by atoms with Gasteiger partial charge >= 0.3 is 6.72 Å². The summed E-state index contributed by atoms with van der Waals surface area (Å²) in [5.41, 5.74) is 0.427. The molecule has 19 heavy (non-hydrogen) atoms. The van der Waals surface area contributed by atoms with E-state index in [0.29, 0.717) is 30.3 Å². The van der Waals surface area contributed by atoms with E-state index in [2.05, 4.69) is 0 Å². The zero-order valence-electron chi connectivity index (χ0n) is 11.1. The predicted molar refractivity (Wildman–Crippen MR) is 75.9 cm³/mol. The minimum atomic E-state index is -2.80. The first-order valence-electron chi connectivity index (χ1n) is 5.75. The van der Waals surface area contributed by atoms with Gasteiger partial charge in [0.1, 0.15) is 17.6 Å². The molecule has 0 atom stereocenters. The normalized spacial score (nSPS) is 10.8. The predicted octanol–water partition coefficient (Wildman–Crippen LogP) is 3.24. The highest BCUT2D eigenvalue weighted by molar-refractivity contribution is 8.07. The van der Waals surface area contributed by atoms with Crippen molar-refractivity contribution in [3.8, 4) is 17.6 Å². The maximum absolute atomic E-state index is 8.91. The van der Waals surface area contributed by atoms with Gasteiger partial charge in [-0.05, 0) is 26.0 Å². The summed E-state index contributed by atoms with van der Waals surface area (Å²) >= 11 is 5.26. The third-order valence-electron chi connectivity index (χ3n) is 2.09. The Bertz CT molecular complexity index is 505. The second-order valence-corrected chi connectivity index (χ2v) is 6.28. The van der Waals surface area contributed by atoms with E-state index in [-0.39, 0.29) is 0 Å². The van der Waals surface area contributed by atoms with E-state index in [9.17, 15) is 0 Å². The minimum absolute atomic E-state index is 0.407. The Balaban J connectivity index is 2.98. The summed E-state index contributed by atoms with van der Waals surface area (Å²) < 4.78 is 21.5. The SMILES string of the molecule is CCOP(=S)(OCC)Oc1ccc(C#N)c(OC)c1. The van der Waals surface area contributed by atoms with Crippen molar-refractivity contribution in [3.05, 3.63) is 23.8 Å². The van der Waals surface area contributed by atoms with Crippen molar-refractivity contribution in [1.82, 2.24) is 0 Å². The maximum Gasteiger partial charge on any atom is 0.380 e. The summed E-state index contributed by atoms with van der Waals surface area (Å²) in [4.78, 5) is 0. The van der Waals surface area contributed by atoms with Crippen molar-refractivity contribution in [2.45, 2.75) is 13.8 Å². The molecule has 0 fully saturated rings. The lowest BCUT2D eigenvalue weighted by molar-refractivity contribution is 0.217. The average molecular weight is 301 g/mol. The number of ether oxygens (including phenoxy) is 1. The number of hydrogen-bond acceptors (Lipinski definition) is 6. The second kappa shape index (κ2) is 7.46. The van der Waals surface area contributed by atoms with Crippen LogP contribution in [0.1, 0.15) is 19.4 Å². The van der Waals surface area contributed by atoms with Gasteiger partial charge in [0.15, 0.2) is 0 Å². The van der Waals surface area contributed by atoms with Gasteiger partial charge in [0, 0.05) is 17.9 Å². The molecule has 0 aromatic heterocycles. The van der Waals surface area contributed by atoms with Crippen molar-refractivity contribution < 1.29 is 18.3 Å². The number of nitriles is 1. The van der Waals surface area contributed by atoms with Gasteiger partial charge in [-0.1, -0.05) is 0 Å². The van der Waals surface area contributed by atoms with Gasteiger partial charge < -0.3 is 9.26 Å². The van der Waals surface area contributed by atoms with Crippen LogP contribution in [0.5, 0.6) is 11.5 Å². The van der Waals surface area contributed by atoms with Crippen LogP contribution in [0, 0.1) is 11.3 Å².